The molecule has 0 aliphatic carbocycles. The first-order chi connectivity index (χ1) is 14.5. The van der Waals surface area contributed by atoms with Gasteiger partial charge < -0.3 is 20.4 Å². The molecular formula is C22H31N5O4. The first kappa shape index (κ1) is 22.9. The summed E-state index contributed by atoms with van der Waals surface area (Å²) in [5.74, 6) is -0.641. The van der Waals surface area contributed by atoms with E-state index in [-0.39, 0.29) is 24.8 Å². The molecule has 1 fully saturated rings. The lowest BCUT2D eigenvalue weighted by molar-refractivity contribution is -0.144. The van der Waals surface area contributed by atoms with Gasteiger partial charge in [0.1, 0.15) is 23.4 Å². The van der Waals surface area contributed by atoms with E-state index in [1.807, 2.05) is 39.0 Å². The number of benzene rings is 1. The summed E-state index contributed by atoms with van der Waals surface area (Å²) in [7, 11) is 1.51. The monoisotopic (exact) mass is 429 g/mol. The minimum atomic E-state index is -1.39. The fourth-order valence-corrected chi connectivity index (χ4v) is 4.05. The van der Waals surface area contributed by atoms with Crippen LogP contribution in [0, 0.1) is 5.41 Å². The van der Waals surface area contributed by atoms with Crippen LogP contribution >= 0.6 is 0 Å². The van der Waals surface area contributed by atoms with E-state index in [0.717, 1.165) is 0 Å². The number of rotatable bonds is 5. The molecule has 3 unspecified atom stereocenters. The predicted molar refractivity (Wildman–Crippen MR) is 114 cm³/mol. The zero-order chi connectivity index (χ0) is 23.0. The van der Waals surface area contributed by atoms with Gasteiger partial charge in [0.05, 0.1) is 12.3 Å². The summed E-state index contributed by atoms with van der Waals surface area (Å²) < 4.78 is 1.45. The predicted octanol–water partition coefficient (Wildman–Crippen LogP) is 0.829. The number of hydrogen-bond donors (Lipinski definition) is 3. The molecule has 1 aliphatic rings. The number of carbonyl (C=O) groups excluding carboxylic acids is 2. The second-order valence-electron chi connectivity index (χ2n) is 9.30. The number of β-amino-alcohol motifs (C(OH)–C–C–N with tert-alkyl or cyclic N) is 1. The van der Waals surface area contributed by atoms with Gasteiger partial charge in [-0.3, -0.25) is 9.59 Å². The molecule has 4 atom stereocenters. The molecule has 0 spiro atoms. The fraction of sp³-hybridized carbons (Fsp3) is 0.545. The number of hydrogen-bond acceptors (Lipinski definition) is 6. The van der Waals surface area contributed by atoms with Gasteiger partial charge in [0.25, 0.3) is 0 Å². The largest absolute Gasteiger partial charge is 0.391 e. The van der Waals surface area contributed by atoms with E-state index in [4.69, 9.17) is 0 Å². The van der Waals surface area contributed by atoms with Crippen molar-refractivity contribution in [3.05, 3.63) is 47.8 Å². The van der Waals surface area contributed by atoms with Crippen LogP contribution in [0.25, 0.3) is 0 Å². The number of likely N-dealkylation sites (tertiary alicyclic amines) is 1. The van der Waals surface area contributed by atoms with E-state index in [0.29, 0.717) is 11.3 Å². The fourth-order valence-electron chi connectivity index (χ4n) is 4.05. The Kier molecular flexibility index (Phi) is 6.20. The second-order valence-corrected chi connectivity index (χ2v) is 9.30. The first-order valence-corrected chi connectivity index (χ1v) is 10.4. The molecule has 168 valence electrons. The smallest absolute Gasteiger partial charge is 0.248 e. The van der Waals surface area contributed by atoms with Crippen LogP contribution in [-0.4, -0.2) is 67.7 Å². The first-order valence-electron chi connectivity index (χ1n) is 10.4. The molecule has 2 heterocycles. The van der Waals surface area contributed by atoms with E-state index in [9.17, 15) is 19.8 Å². The van der Waals surface area contributed by atoms with Crippen LogP contribution in [0.4, 0.5) is 0 Å². The third-order valence-electron chi connectivity index (χ3n) is 5.77. The van der Waals surface area contributed by atoms with Crippen LogP contribution in [0.3, 0.4) is 0 Å². The van der Waals surface area contributed by atoms with Crippen LogP contribution in [0.2, 0.25) is 0 Å². The molecule has 9 heteroatoms. The van der Waals surface area contributed by atoms with E-state index in [1.54, 1.807) is 25.3 Å². The van der Waals surface area contributed by atoms with E-state index >= 15 is 0 Å². The highest BCUT2D eigenvalue weighted by Gasteiger charge is 2.45. The SMILES string of the molecule is CNC(=O)C1CC(O)CN1C(=O)[C@@H](n1cc(C(C)(O)c2ccccc2)nn1)C(C)(C)C. The van der Waals surface area contributed by atoms with Gasteiger partial charge in [0.15, 0.2) is 0 Å². The standard InChI is InChI=1S/C22H31N5O4/c1-21(2,3)18(20(30)26-12-15(28)11-16(26)19(29)23-5)27-13-17(24-25-27)22(4,31)14-9-7-6-8-10-14/h6-10,13,15-16,18,28,31H,11-12H2,1-5H3,(H,23,29)/t15?,16?,18-,22?/m1/s1. The van der Waals surface area contributed by atoms with Crippen molar-refractivity contribution < 1.29 is 19.8 Å². The lowest BCUT2D eigenvalue weighted by Crippen LogP contribution is -2.49. The molecule has 31 heavy (non-hydrogen) atoms. The molecule has 9 nitrogen and oxygen atoms in total. The normalized spacial score (nSPS) is 22.1. The number of nitrogens with zero attached hydrogens (tertiary/aromatic N) is 4. The van der Waals surface area contributed by atoms with Crippen molar-refractivity contribution in [1.82, 2.24) is 25.2 Å². The molecule has 3 N–H and O–H groups in total. The van der Waals surface area contributed by atoms with E-state index in [2.05, 4.69) is 15.6 Å². The summed E-state index contributed by atoms with van der Waals surface area (Å²) in [6.45, 7) is 7.39. The average Bonchev–Trinajstić information content (AvgIpc) is 3.34. The van der Waals surface area contributed by atoms with Gasteiger partial charge in [-0.05, 0) is 17.9 Å². The lowest BCUT2D eigenvalue weighted by Gasteiger charge is -2.34. The molecule has 1 aromatic carbocycles. The Morgan fingerprint density at radius 3 is 2.42 bits per heavy atom. The minimum absolute atomic E-state index is 0.0762. The maximum absolute atomic E-state index is 13.6. The highest BCUT2D eigenvalue weighted by atomic mass is 16.3. The summed E-state index contributed by atoms with van der Waals surface area (Å²) in [5, 5.41) is 32.1. The average molecular weight is 430 g/mol. The molecule has 0 bridgehead atoms. The molecule has 2 amide bonds. The van der Waals surface area contributed by atoms with Crippen LogP contribution in [0.15, 0.2) is 36.5 Å². The molecule has 0 radical (unpaired) electrons. The molecule has 1 saturated heterocycles. The highest BCUT2D eigenvalue weighted by Crippen LogP contribution is 2.35. The van der Waals surface area contributed by atoms with Crippen molar-refractivity contribution in [3.63, 3.8) is 0 Å². The number of nitrogens with one attached hydrogen (secondary N) is 1. The Hall–Kier alpha value is -2.78. The molecular weight excluding hydrogens is 398 g/mol. The molecule has 0 saturated carbocycles. The Labute approximate surface area is 182 Å². The van der Waals surface area contributed by atoms with Crippen molar-refractivity contribution in [3.8, 4) is 0 Å². The Morgan fingerprint density at radius 2 is 1.84 bits per heavy atom. The third-order valence-corrected chi connectivity index (χ3v) is 5.77. The van der Waals surface area contributed by atoms with Crippen LogP contribution in [0.1, 0.15) is 51.4 Å². The third kappa shape index (κ3) is 4.47. The van der Waals surface area contributed by atoms with Crippen molar-refractivity contribution >= 4 is 11.8 Å². The van der Waals surface area contributed by atoms with Crippen molar-refractivity contribution in [2.24, 2.45) is 5.41 Å². The van der Waals surface area contributed by atoms with Gasteiger partial charge >= 0.3 is 0 Å². The molecule has 2 aromatic rings. The summed E-state index contributed by atoms with van der Waals surface area (Å²) >= 11 is 0. The second kappa shape index (κ2) is 8.39. The molecule has 1 aliphatic heterocycles. The van der Waals surface area contributed by atoms with Gasteiger partial charge in [-0.2, -0.15) is 0 Å². The Bertz CT molecular complexity index is 935. The quantitative estimate of drug-likeness (QED) is 0.647. The van der Waals surface area contributed by atoms with Crippen molar-refractivity contribution in [2.75, 3.05) is 13.6 Å². The maximum Gasteiger partial charge on any atom is 0.248 e. The summed E-state index contributed by atoms with van der Waals surface area (Å²) in [6.07, 6.45) is 0.993. The minimum Gasteiger partial charge on any atom is -0.391 e. The highest BCUT2D eigenvalue weighted by molar-refractivity contribution is 5.90. The van der Waals surface area contributed by atoms with Crippen LogP contribution in [-0.2, 0) is 15.2 Å². The van der Waals surface area contributed by atoms with Crippen molar-refractivity contribution in [1.29, 1.82) is 0 Å². The van der Waals surface area contributed by atoms with Gasteiger partial charge in [0, 0.05) is 20.0 Å². The van der Waals surface area contributed by atoms with Gasteiger partial charge in [-0.1, -0.05) is 56.3 Å². The number of aliphatic hydroxyl groups excluding tert-OH is 1. The summed E-state index contributed by atoms with van der Waals surface area (Å²) in [5.41, 5.74) is -0.992. The maximum atomic E-state index is 13.6. The summed E-state index contributed by atoms with van der Waals surface area (Å²) in [6, 6.07) is 7.58. The van der Waals surface area contributed by atoms with Gasteiger partial charge in [-0.15, -0.1) is 5.10 Å². The van der Waals surface area contributed by atoms with Crippen molar-refractivity contribution in [2.45, 2.75) is 57.9 Å². The molecule has 1 aromatic heterocycles. The number of amides is 2. The van der Waals surface area contributed by atoms with Crippen LogP contribution < -0.4 is 5.32 Å². The number of aromatic nitrogens is 3. The van der Waals surface area contributed by atoms with E-state index < -0.39 is 29.2 Å². The zero-order valence-corrected chi connectivity index (χ0v) is 18.6. The number of aliphatic hydroxyl groups is 2. The Balaban J connectivity index is 1.96. The number of carbonyl (C=O) groups is 2. The zero-order valence-electron chi connectivity index (χ0n) is 18.6. The van der Waals surface area contributed by atoms with Crippen LogP contribution in [0.5, 0.6) is 0 Å². The lowest BCUT2D eigenvalue weighted by atomic mass is 9.85. The Morgan fingerprint density at radius 1 is 1.19 bits per heavy atom. The number of likely N-dealkylation sites (N-methyl/N-ethyl adjacent to an activating group) is 1. The summed E-state index contributed by atoms with van der Waals surface area (Å²) in [4.78, 5) is 27.3. The van der Waals surface area contributed by atoms with Gasteiger partial charge in [0.2, 0.25) is 11.8 Å². The molecule has 3 rings (SSSR count). The van der Waals surface area contributed by atoms with E-state index in [1.165, 1.54) is 16.6 Å². The van der Waals surface area contributed by atoms with Gasteiger partial charge in [-0.25, -0.2) is 4.68 Å². The topological polar surface area (TPSA) is 121 Å².